The Morgan fingerprint density at radius 1 is 0.980 bits per heavy atom. The van der Waals surface area contributed by atoms with Gasteiger partial charge in [0.05, 0.1) is 35.4 Å². The maximum absolute atomic E-state index is 15.5. The molecule has 0 saturated carbocycles. The lowest BCUT2D eigenvalue weighted by Gasteiger charge is -2.43. The number of carbonyl (C=O) groups is 2. The Kier molecular flexibility index (Phi) is 10.7. The van der Waals surface area contributed by atoms with Gasteiger partial charge in [0.25, 0.3) is 24.2 Å². The molecule has 51 heavy (non-hydrogen) atoms. The number of ether oxygens (including phenoxy) is 1. The van der Waals surface area contributed by atoms with E-state index in [1.54, 1.807) is 38.4 Å². The van der Waals surface area contributed by atoms with Crippen LogP contribution in [0.25, 0.3) is 0 Å². The summed E-state index contributed by atoms with van der Waals surface area (Å²) in [6.07, 6.45) is 1.05. The number of nitrogens with zero attached hydrogens (tertiary/aromatic N) is 4. The monoisotopic (exact) mass is 750 g/mol. The molecule has 5 rings (SSSR count). The highest BCUT2D eigenvalue weighted by molar-refractivity contribution is 7.93. The number of benzene rings is 3. The van der Waals surface area contributed by atoms with Gasteiger partial charge in [-0.2, -0.15) is 5.26 Å². The third kappa shape index (κ3) is 6.12. The second-order valence-electron chi connectivity index (χ2n) is 14.4. The summed E-state index contributed by atoms with van der Waals surface area (Å²) in [5.41, 5.74) is 0.127. The van der Waals surface area contributed by atoms with Crippen LogP contribution >= 0.6 is 11.6 Å². The lowest BCUT2D eigenvalue weighted by atomic mass is 9.80. The van der Waals surface area contributed by atoms with Gasteiger partial charge >= 0.3 is 0 Å². The number of hydrogen-bond acceptors (Lipinski definition) is 8. The smallest absolute Gasteiger partial charge is 0.271 e. The first kappa shape index (κ1) is 38.3. The molecule has 1 fully saturated rings. The number of likely N-dealkylation sites (N-methyl/N-ethyl adjacent to an activating group) is 1. The fourth-order valence-electron chi connectivity index (χ4n) is 8.40. The maximum atomic E-state index is 15.5. The Morgan fingerprint density at radius 2 is 1.61 bits per heavy atom. The molecule has 13 heteroatoms. The number of likely N-dealkylation sites (tertiary alicyclic amines) is 1. The molecule has 2 aliphatic rings. The van der Waals surface area contributed by atoms with E-state index in [4.69, 9.17) is 20.8 Å². The SMILES string of the molecule is COc1cc(O[Si](C(C)C)(C(C)C)C(C)C)ccc1[C@]1(N2CCCC2C(=O)N(C)C)C(=O)N(S(=O)(=O)c2ccc(C#N)cc2)c2ccc(Cl)cc21. The molecule has 1 saturated heterocycles. The van der Waals surface area contributed by atoms with Crippen molar-refractivity contribution < 1.29 is 27.2 Å². The molecule has 2 aliphatic heterocycles. The molecule has 2 atom stereocenters. The number of methoxy groups -OCH3 is 1. The van der Waals surface area contributed by atoms with Crippen LogP contribution in [0.4, 0.5) is 5.69 Å². The molecule has 0 N–H and O–H groups in total. The Labute approximate surface area is 308 Å². The predicted molar refractivity (Wildman–Crippen MR) is 201 cm³/mol. The summed E-state index contributed by atoms with van der Waals surface area (Å²) in [5, 5.41) is 9.64. The number of anilines is 1. The molecule has 1 unspecified atom stereocenters. The largest absolute Gasteiger partial charge is 0.543 e. The molecule has 3 aromatic carbocycles. The number of halogens is 1. The number of fused-ring (bicyclic) bond motifs is 1. The highest BCUT2D eigenvalue weighted by Gasteiger charge is 2.63. The second-order valence-corrected chi connectivity index (χ2v) is 22.0. The first-order valence-corrected chi connectivity index (χ1v) is 21.2. The van der Waals surface area contributed by atoms with E-state index in [1.807, 2.05) is 17.0 Å². The van der Waals surface area contributed by atoms with E-state index in [2.05, 4.69) is 41.5 Å². The molecule has 0 aliphatic carbocycles. The Bertz CT molecular complexity index is 1960. The van der Waals surface area contributed by atoms with E-state index in [-0.39, 0.29) is 22.1 Å². The van der Waals surface area contributed by atoms with Crippen LogP contribution in [0, 0.1) is 11.3 Å². The van der Waals surface area contributed by atoms with Gasteiger partial charge in [0.2, 0.25) is 5.91 Å². The summed E-state index contributed by atoms with van der Waals surface area (Å²) < 4.78 is 43.0. The standard InChI is InChI=1S/C38H47ClN4O6SSi/c1-24(2)51(25(3)4,26(5)6)49-29-15-18-31(35(22-29)48-9)38(42-20-10-11-34(42)36(44)41(7)8)32-21-28(39)14-19-33(32)43(37(38)45)50(46,47)30-16-12-27(23-40)13-17-30/h12-19,21-22,24-26,34H,10-11,20H2,1-9H3/t34?,38-/m1/s1. The summed E-state index contributed by atoms with van der Waals surface area (Å²) in [5.74, 6) is -0.0943. The van der Waals surface area contributed by atoms with E-state index >= 15 is 4.79 Å². The number of rotatable bonds is 11. The van der Waals surface area contributed by atoms with Crippen molar-refractivity contribution in [2.24, 2.45) is 0 Å². The topological polar surface area (TPSA) is 120 Å². The van der Waals surface area contributed by atoms with Gasteiger partial charge in [-0.15, -0.1) is 0 Å². The van der Waals surface area contributed by atoms with Crippen molar-refractivity contribution in [2.75, 3.05) is 32.1 Å². The fourth-order valence-corrected chi connectivity index (χ4v) is 15.3. The second kappa shape index (κ2) is 14.3. The van der Waals surface area contributed by atoms with Crippen LogP contribution in [0.1, 0.15) is 71.1 Å². The molecule has 0 radical (unpaired) electrons. The number of hydrogen-bond donors (Lipinski definition) is 0. The van der Waals surface area contributed by atoms with E-state index < -0.39 is 35.8 Å². The van der Waals surface area contributed by atoms with Crippen LogP contribution < -0.4 is 13.5 Å². The van der Waals surface area contributed by atoms with Crippen LogP contribution in [0.2, 0.25) is 21.6 Å². The van der Waals surface area contributed by atoms with Crippen LogP contribution in [-0.4, -0.2) is 72.1 Å². The lowest BCUT2D eigenvalue weighted by Crippen LogP contribution is -2.59. The highest BCUT2D eigenvalue weighted by Crippen LogP contribution is 2.55. The third-order valence-corrected chi connectivity index (χ3v) is 18.5. The van der Waals surface area contributed by atoms with Gasteiger partial charge < -0.3 is 14.1 Å². The van der Waals surface area contributed by atoms with Gasteiger partial charge in [-0.25, -0.2) is 12.7 Å². The molecule has 2 amide bonds. The van der Waals surface area contributed by atoms with Crippen LogP contribution in [0.15, 0.2) is 65.6 Å². The van der Waals surface area contributed by atoms with Crippen LogP contribution in [-0.2, 0) is 25.2 Å². The molecule has 0 bridgehead atoms. The zero-order valence-corrected chi connectivity index (χ0v) is 33.3. The molecular weight excluding hydrogens is 704 g/mol. The van der Waals surface area contributed by atoms with Crippen molar-refractivity contribution in [1.82, 2.24) is 9.80 Å². The molecule has 2 heterocycles. The summed E-state index contributed by atoms with van der Waals surface area (Å²) >= 11 is 6.66. The number of carbonyl (C=O) groups excluding carboxylic acids is 2. The lowest BCUT2D eigenvalue weighted by molar-refractivity contribution is -0.138. The minimum Gasteiger partial charge on any atom is -0.543 e. The van der Waals surface area contributed by atoms with E-state index in [9.17, 15) is 18.5 Å². The van der Waals surface area contributed by atoms with Gasteiger partial charge in [0.15, 0.2) is 5.54 Å². The van der Waals surface area contributed by atoms with Crippen molar-refractivity contribution in [2.45, 2.75) is 87.5 Å². The fraction of sp³-hybridized carbons (Fsp3) is 0.447. The summed E-state index contributed by atoms with van der Waals surface area (Å²) in [6.45, 7) is 13.5. The first-order chi connectivity index (χ1) is 24.0. The Balaban J connectivity index is 1.82. The van der Waals surface area contributed by atoms with Crippen molar-refractivity contribution in [3.63, 3.8) is 0 Å². The Morgan fingerprint density at radius 3 is 2.16 bits per heavy atom. The van der Waals surface area contributed by atoms with Gasteiger partial charge in [-0.1, -0.05) is 53.1 Å². The predicted octanol–water partition coefficient (Wildman–Crippen LogP) is 7.31. The van der Waals surface area contributed by atoms with E-state index in [1.165, 1.54) is 42.3 Å². The quantitative estimate of drug-likeness (QED) is 0.187. The number of nitriles is 1. The molecule has 0 spiro atoms. The number of amides is 2. The zero-order valence-electron chi connectivity index (χ0n) is 30.7. The average Bonchev–Trinajstić information content (AvgIpc) is 3.67. The van der Waals surface area contributed by atoms with E-state index in [0.29, 0.717) is 63.7 Å². The normalized spacial score (nSPS) is 19.5. The minimum absolute atomic E-state index is 0.116. The zero-order chi connectivity index (χ0) is 37.6. The third-order valence-electron chi connectivity index (χ3n) is 10.6. The minimum atomic E-state index is -4.53. The van der Waals surface area contributed by atoms with Crippen molar-refractivity contribution in [3.05, 3.63) is 82.4 Å². The maximum Gasteiger partial charge on any atom is 0.271 e. The molecule has 0 aromatic heterocycles. The number of sulfonamides is 1. The van der Waals surface area contributed by atoms with E-state index in [0.717, 1.165) is 4.31 Å². The Hall–Kier alpha value is -3.89. The van der Waals surface area contributed by atoms with Crippen molar-refractivity contribution in [1.29, 1.82) is 5.26 Å². The first-order valence-electron chi connectivity index (χ1n) is 17.2. The van der Waals surface area contributed by atoms with Gasteiger partial charge in [-0.3, -0.25) is 14.5 Å². The summed E-state index contributed by atoms with van der Waals surface area (Å²) in [6, 6.07) is 16.7. The van der Waals surface area contributed by atoms with Gasteiger partial charge in [0, 0.05) is 42.9 Å². The average molecular weight is 751 g/mol. The van der Waals surface area contributed by atoms with Crippen molar-refractivity contribution >= 4 is 47.4 Å². The molecule has 3 aromatic rings. The van der Waals surface area contributed by atoms with Gasteiger partial charge in [-0.05, 0) is 84.1 Å². The van der Waals surface area contributed by atoms with Crippen LogP contribution in [0.5, 0.6) is 11.5 Å². The van der Waals surface area contributed by atoms with Crippen molar-refractivity contribution in [3.8, 4) is 17.6 Å². The molecule has 272 valence electrons. The summed E-state index contributed by atoms with van der Waals surface area (Å²) in [4.78, 5) is 32.5. The summed E-state index contributed by atoms with van der Waals surface area (Å²) in [7, 11) is -2.11. The molecule has 10 nitrogen and oxygen atoms in total. The highest BCUT2D eigenvalue weighted by atomic mass is 35.5. The molecular formula is C38H47ClN4O6SSi. The van der Waals surface area contributed by atoms with Gasteiger partial charge in [0.1, 0.15) is 11.5 Å². The van der Waals surface area contributed by atoms with Crippen LogP contribution in [0.3, 0.4) is 0 Å².